The highest BCUT2D eigenvalue weighted by atomic mass is 16.5. The molecule has 0 aliphatic rings. The summed E-state index contributed by atoms with van der Waals surface area (Å²) in [5.41, 5.74) is 6.77. The van der Waals surface area contributed by atoms with Crippen molar-refractivity contribution in [3.63, 3.8) is 0 Å². The number of rotatable bonds is 10. The van der Waals surface area contributed by atoms with E-state index in [1.807, 2.05) is 25.1 Å². The minimum Gasteiger partial charge on any atom is -0.381 e. The van der Waals surface area contributed by atoms with Crippen LogP contribution in [-0.2, 0) is 16.0 Å². The third-order valence-corrected chi connectivity index (χ3v) is 3.12. The summed E-state index contributed by atoms with van der Waals surface area (Å²) in [7, 11) is 0. The first-order valence-corrected chi connectivity index (χ1v) is 7.30. The van der Waals surface area contributed by atoms with Gasteiger partial charge in [0.2, 0.25) is 5.91 Å². The predicted molar refractivity (Wildman–Crippen MR) is 81.4 cm³/mol. The molecule has 1 unspecified atom stereocenters. The Morgan fingerprint density at radius 2 is 2.05 bits per heavy atom. The molecule has 0 bridgehead atoms. The number of carbonyl (C=O) groups excluding carboxylic acids is 1. The van der Waals surface area contributed by atoms with E-state index in [9.17, 15) is 4.79 Å². The Hall–Kier alpha value is -1.39. The van der Waals surface area contributed by atoms with E-state index < -0.39 is 0 Å². The lowest BCUT2D eigenvalue weighted by molar-refractivity contribution is -0.121. The van der Waals surface area contributed by atoms with Crippen molar-refractivity contribution in [3.05, 3.63) is 35.9 Å². The number of carbonyl (C=O) groups is 1. The van der Waals surface area contributed by atoms with Crippen molar-refractivity contribution in [3.8, 4) is 0 Å². The molecule has 1 atom stereocenters. The number of benzene rings is 1. The summed E-state index contributed by atoms with van der Waals surface area (Å²) in [5, 5.41) is 2.88. The molecule has 0 aromatic heterocycles. The average Bonchev–Trinajstić information content (AvgIpc) is 2.49. The van der Waals surface area contributed by atoms with Gasteiger partial charge in [0, 0.05) is 19.6 Å². The van der Waals surface area contributed by atoms with Crippen molar-refractivity contribution in [1.29, 1.82) is 0 Å². The molecule has 4 heteroatoms. The van der Waals surface area contributed by atoms with Gasteiger partial charge in [0.15, 0.2) is 0 Å². The molecule has 1 aromatic carbocycles. The van der Waals surface area contributed by atoms with E-state index in [2.05, 4.69) is 17.4 Å². The lowest BCUT2D eigenvalue weighted by Gasteiger charge is -2.10. The molecule has 1 aromatic rings. The largest absolute Gasteiger partial charge is 0.381 e. The van der Waals surface area contributed by atoms with Crippen LogP contribution in [0, 0.1) is 5.92 Å². The SMILES string of the molecule is CC(CN)CNC(=O)CCCOCCc1ccccc1. The van der Waals surface area contributed by atoms with Gasteiger partial charge in [-0.05, 0) is 30.9 Å². The Morgan fingerprint density at radius 3 is 2.75 bits per heavy atom. The van der Waals surface area contributed by atoms with Gasteiger partial charge in [-0.3, -0.25) is 4.79 Å². The summed E-state index contributed by atoms with van der Waals surface area (Å²) in [6, 6.07) is 10.3. The maximum absolute atomic E-state index is 11.5. The molecule has 0 aliphatic carbocycles. The second-order valence-electron chi connectivity index (χ2n) is 5.10. The molecule has 0 saturated carbocycles. The zero-order chi connectivity index (χ0) is 14.6. The monoisotopic (exact) mass is 278 g/mol. The standard InChI is InChI=1S/C16H26N2O2/c1-14(12-17)13-18-16(19)8-5-10-20-11-9-15-6-3-2-4-7-15/h2-4,6-7,14H,5,8-13,17H2,1H3,(H,18,19). The van der Waals surface area contributed by atoms with Gasteiger partial charge in [-0.25, -0.2) is 0 Å². The summed E-state index contributed by atoms with van der Waals surface area (Å²) in [6.07, 6.45) is 2.20. The van der Waals surface area contributed by atoms with E-state index in [-0.39, 0.29) is 5.91 Å². The summed E-state index contributed by atoms with van der Waals surface area (Å²) in [6.45, 7) is 4.61. The number of hydrogen-bond donors (Lipinski definition) is 2. The van der Waals surface area contributed by atoms with Gasteiger partial charge in [0.05, 0.1) is 6.61 Å². The normalized spacial score (nSPS) is 12.1. The van der Waals surface area contributed by atoms with Crippen LogP contribution in [0.25, 0.3) is 0 Å². The highest BCUT2D eigenvalue weighted by Gasteiger charge is 2.03. The second kappa shape index (κ2) is 10.4. The Balaban J connectivity index is 1.95. The van der Waals surface area contributed by atoms with Gasteiger partial charge in [-0.1, -0.05) is 37.3 Å². The molecule has 1 amide bonds. The maximum atomic E-state index is 11.5. The molecule has 0 aliphatic heterocycles. The van der Waals surface area contributed by atoms with Crippen LogP contribution in [0.1, 0.15) is 25.3 Å². The first kappa shape index (κ1) is 16.7. The number of nitrogens with two attached hydrogens (primary N) is 1. The fourth-order valence-electron chi connectivity index (χ4n) is 1.73. The second-order valence-corrected chi connectivity index (χ2v) is 5.10. The molecular weight excluding hydrogens is 252 g/mol. The van der Waals surface area contributed by atoms with E-state index in [4.69, 9.17) is 10.5 Å². The topological polar surface area (TPSA) is 64.3 Å². The summed E-state index contributed by atoms with van der Waals surface area (Å²) in [5.74, 6) is 0.415. The molecule has 0 spiro atoms. The number of nitrogens with one attached hydrogen (secondary N) is 1. The lowest BCUT2D eigenvalue weighted by Crippen LogP contribution is -2.31. The third-order valence-electron chi connectivity index (χ3n) is 3.12. The maximum Gasteiger partial charge on any atom is 0.220 e. The Kier molecular flexibility index (Phi) is 8.67. The smallest absolute Gasteiger partial charge is 0.220 e. The first-order valence-electron chi connectivity index (χ1n) is 7.30. The Morgan fingerprint density at radius 1 is 1.30 bits per heavy atom. The van der Waals surface area contributed by atoms with Crippen LogP contribution in [-0.4, -0.2) is 32.2 Å². The molecule has 20 heavy (non-hydrogen) atoms. The number of ether oxygens (including phenoxy) is 1. The van der Waals surface area contributed by atoms with Crippen LogP contribution in [0.2, 0.25) is 0 Å². The van der Waals surface area contributed by atoms with Crippen molar-refractivity contribution in [2.45, 2.75) is 26.2 Å². The van der Waals surface area contributed by atoms with Crippen molar-refractivity contribution < 1.29 is 9.53 Å². The van der Waals surface area contributed by atoms with Gasteiger partial charge in [0.25, 0.3) is 0 Å². The molecule has 112 valence electrons. The molecule has 0 radical (unpaired) electrons. The van der Waals surface area contributed by atoms with E-state index in [1.165, 1.54) is 5.56 Å². The van der Waals surface area contributed by atoms with Crippen LogP contribution < -0.4 is 11.1 Å². The molecular formula is C16H26N2O2. The average molecular weight is 278 g/mol. The van der Waals surface area contributed by atoms with Crippen molar-refractivity contribution in [1.82, 2.24) is 5.32 Å². The lowest BCUT2D eigenvalue weighted by atomic mass is 10.2. The van der Waals surface area contributed by atoms with E-state index in [1.54, 1.807) is 0 Å². The van der Waals surface area contributed by atoms with Crippen molar-refractivity contribution >= 4 is 5.91 Å². The highest BCUT2D eigenvalue weighted by molar-refractivity contribution is 5.75. The van der Waals surface area contributed by atoms with Crippen LogP contribution >= 0.6 is 0 Å². The van der Waals surface area contributed by atoms with E-state index in [0.717, 1.165) is 12.8 Å². The van der Waals surface area contributed by atoms with E-state index >= 15 is 0 Å². The minimum atomic E-state index is 0.0805. The molecule has 4 nitrogen and oxygen atoms in total. The van der Waals surface area contributed by atoms with Crippen LogP contribution in [0.5, 0.6) is 0 Å². The zero-order valence-corrected chi connectivity index (χ0v) is 12.3. The van der Waals surface area contributed by atoms with Crippen LogP contribution in [0.15, 0.2) is 30.3 Å². The summed E-state index contributed by atoms with van der Waals surface area (Å²) < 4.78 is 5.53. The quantitative estimate of drug-likeness (QED) is 0.641. The van der Waals surface area contributed by atoms with Crippen molar-refractivity contribution in [2.24, 2.45) is 11.7 Å². The number of amides is 1. The third kappa shape index (κ3) is 7.92. The van der Waals surface area contributed by atoms with Crippen molar-refractivity contribution in [2.75, 3.05) is 26.3 Å². The fraction of sp³-hybridized carbons (Fsp3) is 0.562. The molecule has 0 saturated heterocycles. The minimum absolute atomic E-state index is 0.0805. The predicted octanol–water partition coefficient (Wildman–Crippen LogP) is 1.74. The molecule has 1 rings (SSSR count). The van der Waals surface area contributed by atoms with E-state index in [0.29, 0.717) is 38.6 Å². The van der Waals surface area contributed by atoms with Gasteiger partial charge >= 0.3 is 0 Å². The fourth-order valence-corrected chi connectivity index (χ4v) is 1.73. The van der Waals surface area contributed by atoms with Crippen LogP contribution in [0.4, 0.5) is 0 Å². The molecule has 0 fully saturated rings. The van der Waals surface area contributed by atoms with Gasteiger partial charge in [0.1, 0.15) is 0 Å². The van der Waals surface area contributed by atoms with Crippen LogP contribution in [0.3, 0.4) is 0 Å². The van der Waals surface area contributed by atoms with Gasteiger partial charge in [-0.2, -0.15) is 0 Å². The Bertz CT molecular complexity index is 368. The Labute approximate surface area is 121 Å². The first-order chi connectivity index (χ1) is 9.72. The highest BCUT2D eigenvalue weighted by Crippen LogP contribution is 2.00. The van der Waals surface area contributed by atoms with Gasteiger partial charge in [-0.15, -0.1) is 0 Å². The molecule has 3 N–H and O–H groups in total. The van der Waals surface area contributed by atoms with Gasteiger partial charge < -0.3 is 15.8 Å². The zero-order valence-electron chi connectivity index (χ0n) is 12.3. The summed E-state index contributed by atoms with van der Waals surface area (Å²) in [4.78, 5) is 11.5. The molecule has 0 heterocycles. The number of hydrogen-bond acceptors (Lipinski definition) is 3. The summed E-state index contributed by atoms with van der Waals surface area (Å²) >= 11 is 0.